The zero-order valence-corrected chi connectivity index (χ0v) is 4.26. The molecule has 0 aromatic carbocycles. The predicted octanol–water partition coefficient (Wildman–Crippen LogP) is -1.28. The normalized spacial score (nSPS) is 48.0. The first-order valence-corrected chi connectivity index (χ1v) is 2.90. The molecule has 2 atom stereocenters. The van der Waals surface area contributed by atoms with E-state index in [1.165, 1.54) is 13.0 Å². The fraction of sp³-hybridized carbons (Fsp3) is 1.00. The van der Waals surface area contributed by atoms with Crippen LogP contribution in [0.1, 0.15) is 6.42 Å². The van der Waals surface area contributed by atoms with Crippen molar-refractivity contribution in [2.24, 2.45) is 0 Å². The van der Waals surface area contributed by atoms with Gasteiger partial charge in [-0.2, -0.15) is 0 Å². The number of hydrogen-bond acceptors (Lipinski definition) is 1. The molecule has 0 aromatic rings. The molecule has 2 aliphatic heterocycles. The number of morpholine rings is 1. The van der Waals surface area contributed by atoms with Crippen molar-refractivity contribution in [2.45, 2.75) is 18.6 Å². The summed E-state index contributed by atoms with van der Waals surface area (Å²) in [4.78, 5) is 0. The van der Waals surface area contributed by atoms with Crippen LogP contribution in [-0.2, 0) is 4.74 Å². The van der Waals surface area contributed by atoms with Gasteiger partial charge in [0.2, 0.25) is 0 Å². The van der Waals surface area contributed by atoms with Gasteiger partial charge >= 0.3 is 0 Å². The van der Waals surface area contributed by atoms with Crippen LogP contribution in [0.3, 0.4) is 0 Å². The van der Waals surface area contributed by atoms with Gasteiger partial charge in [0.1, 0.15) is 18.7 Å². The Morgan fingerprint density at radius 2 is 2.57 bits per heavy atom. The van der Waals surface area contributed by atoms with Crippen molar-refractivity contribution in [2.75, 3.05) is 13.2 Å². The second-order valence-corrected chi connectivity index (χ2v) is 2.42. The van der Waals surface area contributed by atoms with E-state index < -0.39 is 0 Å². The lowest BCUT2D eigenvalue weighted by atomic mass is 10.3. The van der Waals surface area contributed by atoms with E-state index in [0.29, 0.717) is 6.10 Å². The molecule has 0 aromatic heterocycles. The molecule has 40 valence electrons. The van der Waals surface area contributed by atoms with E-state index in [1.54, 1.807) is 0 Å². The summed E-state index contributed by atoms with van der Waals surface area (Å²) in [6, 6.07) is 0.824. The van der Waals surface area contributed by atoms with Crippen LogP contribution in [0.4, 0.5) is 0 Å². The Bertz CT molecular complexity index is 66.1. The smallest absolute Gasteiger partial charge is 0.112 e. The Morgan fingerprint density at radius 3 is 2.71 bits per heavy atom. The van der Waals surface area contributed by atoms with Crippen molar-refractivity contribution in [3.63, 3.8) is 0 Å². The van der Waals surface area contributed by atoms with E-state index in [0.717, 1.165) is 12.6 Å². The Morgan fingerprint density at radius 1 is 1.57 bits per heavy atom. The summed E-state index contributed by atoms with van der Waals surface area (Å²) in [5.41, 5.74) is 0. The van der Waals surface area contributed by atoms with E-state index >= 15 is 0 Å². The molecule has 0 unspecified atom stereocenters. The van der Waals surface area contributed by atoms with E-state index in [9.17, 15) is 0 Å². The van der Waals surface area contributed by atoms with Crippen molar-refractivity contribution < 1.29 is 10.1 Å². The number of hydrogen-bond donors (Lipinski definition) is 1. The zero-order chi connectivity index (χ0) is 4.69. The van der Waals surface area contributed by atoms with E-state index in [1.807, 2.05) is 0 Å². The lowest BCUT2D eigenvalue weighted by Gasteiger charge is -2.06. The number of fused-ring (bicyclic) bond motifs is 2. The molecule has 2 saturated heterocycles. The van der Waals surface area contributed by atoms with Crippen LogP contribution in [0.2, 0.25) is 0 Å². The van der Waals surface area contributed by atoms with Crippen LogP contribution in [0.25, 0.3) is 0 Å². The lowest BCUT2D eigenvalue weighted by Crippen LogP contribution is -2.89. The Kier molecular flexibility index (Phi) is 0.664. The fourth-order valence-electron chi connectivity index (χ4n) is 1.41. The number of ether oxygens (including phenoxy) is 1. The van der Waals surface area contributed by atoms with E-state index in [4.69, 9.17) is 4.74 Å². The van der Waals surface area contributed by atoms with Gasteiger partial charge in [-0.3, -0.25) is 0 Å². The summed E-state index contributed by atoms with van der Waals surface area (Å²) >= 11 is 0. The van der Waals surface area contributed by atoms with Gasteiger partial charge in [-0.25, -0.2) is 0 Å². The highest BCUT2D eigenvalue weighted by atomic mass is 16.5. The molecule has 2 N–H and O–H groups in total. The van der Waals surface area contributed by atoms with Gasteiger partial charge in [-0.1, -0.05) is 0 Å². The Labute approximate surface area is 42.9 Å². The van der Waals surface area contributed by atoms with E-state index in [2.05, 4.69) is 5.32 Å². The molecular formula is C5H10NO+. The van der Waals surface area contributed by atoms with Gasteiger partial charge in [-0.05, 0) is 0 Å². The summed E-state index contributed by atoms with van der Waals surface area (Å²) < 4.78 is 5.32. The SMILES string of the molecule is C1O[C@@H]2C[NH2+][C@H]1C2. The maximum Gasteiger partial charge on any atom is 0.112 e. The average molecular weight is 100 g/mol. The third-order valence-corrected chi connectivity index (χ3v) is 1.84. The van der Waals surface area contributed by atoms with Crippen LogP contribution < -0.4 is 5.32 Å². The molecule has 0 amide bonds. The molecule has 2 aliphatic rings. The molecule has 2 nitrogen and oxygen atoms in total. The summed E-state index contributed by atoms with van der Waals surface area (Å²) in [7, 11) is 0. The van der Waals surface area contributed by atoms with Crippen molar-refractivity contribution in [1.29, 1.82) is 0 Å². The molecule has 2 bridgehead atoms. The van der Waals surface area contributed by atoms with Gasteiger partial charge in [-0.15, -0.1) is 0 Å². The molecule has 7 heavy (non-hydrogen) atoms. The third-order valence-electron chi connectivity index (χ3n) is 1.84. The number of rotatable bonds is 0. The first-order valence-electron chi connectivity index (χ1n) is 2.90. The Hall–Kier alpha value is -0.0800. The van der Waals surface area contributed by atoms with Crippen LogP contribution in [0.15, 0.2) is 0 Å². The summed E-state index contributed by atoms with van der Waals surface area (Å²) in [6.07, 6.45) is 1.92. The maximum absolute atomic E-state index is 5.32. The lowest BCUT2D eigenvalue weighted by molar-refractivity contribution is -0.683. The largest absolute Gasteiger partial charge is 0.366 e. The highest BCUT2D eigenvalue weighted by molar-refractivity contribution is 4.75. The highest BCUT2D eigenvalue weighted by Crippen LogP contribution is 2.12. The van der Waals surface area contributed by atoms with E-state index in [-0.39, 0.29) is 0 Å². The molecule has 2 heterocycles. The predicted molar refractivity (Wildman–Crippen MR) is 24.9 cm³/mol. The van der Waals surface area contributed by atoms with Crippen molar-refractivity contribution in [3.8, 4) is 0 Å². The van der Waals surface area contributed by atoms with Crippen molar-refractivity contribution >= 4 is 0 Å². The third kappa shape index (κ3) is 0.469. The molecule has 2 fully saturated rings. The summed E-state index contributed by atoms with van der Waals surface area (Å²) in [5, 5.41) is 2.38. The molecule has 0 saturated carbocycles. The average Bonchev–Trinajstić information content (AvgIpc) is 2.22. The van der Waals surface area contributed by atoms with Crippen LogP contribution in [0.5, 0.6) is 0 Å². The van der Waals surface area contributed by atoms with Gasteiger partial charge in [0.15, 0.2) is 0 Å². The van der Waals surface area contributed by atoms with Crippen LogP contribution >= 0.6 is 0 Å². The summed E-state index contributed by atoms with van der Waals surface area (Å²) in [6.45, 7) is 2.22. The second kappa shape index (κ2) is 1.20. The first-order chi connectivity index (χ1) is 3.45. The minimum Gasteiger partial charge on any atom is -0.366 e. The van der Waals surface area contributed by atoms with Gasteiger partial charge < -0.3 is 10.1 Å². The van der Waals surface area contributed by atoms with Crippen LogP contribution in [-0.4, -0.2) is 25.3 Å². The minimum atomic E-state index is 0.616. The van der Waals surface area contributed by atoms with Gasteiger partial charge in [0.25, 0.3) is 0 Å². The summed E-state index contributed by atoms with van der Waals surface area (Å²) in [5.74, 6) is 0. The Balaban J connectivity index is 2.12. The second-order valence-electron chi connectivity index (χ2n) is 2.42. The van der Waals surface area contributed by atoms with Crippen molar-refractivity contribution in [1.82, 2.24) is 0 Å². The standard InChI is InChI=1S/C5H9NO/c1-4-3-7-5(1)2-6-4/h4-6H,1-3H2/p+1/t4-,5-/m0/s1. The van der Waals surface area contributed by atoms with Gasteiger partial charge in [0, 0.05) is 6.42 Å². The topological polar surface area (TPSA) is 25.8 Å². The zero-order valence-electron chi connectivity index (χ0n) is 4.26. The van der Waals surface area contributed by atoms with Gasteiger partial charge in [0.05, 0.1) is 6.61 Å². The molecule has 0 spiro atoms. The molecule has 2 heteroatoms. The van der Waals surface area contributed by atoms with Crippen LogP contribution in [0, 0.1) is 0 Å². The maximum atomic E-state index is 5.32. The highest BCUT2D eigenvalue weighted by Gasteiger charge is 2.35. The number of nitrogens with two attached hydrogens (primary N) is 1. The first kappa shape index (κ1) is 3.87. The molecular weight excluding hydrogens is 90.1 g/mol. The molecule has 2 rings (SSSR count). The number of quaternary nitrogens is 1. The monoisotopic (exact) mass is 100 g/mol. The minimum absolute atomic E-state index is 0.616. The molecule has 0 aliphatic carbocycles. The van der Waals surface area contributed by atoms with Crippen molar-refractivity contribution in [3.05, 3.63) is 0 Å². The quantitative estimate of drug-likeness (QED) is 0.403. The molecule has 0 radical (unpaired) electrons. The fourth-order valence-corrected chi connectivity index (χ4v) is 1.41.